The average molecular weight is 423 g/mol. The first-order valence-electron chi connectivity index (χ1n) is 7.70. The number of halogens is 1. The van der Waals surface area contributed by atoms with Crippen LogP contribution in [0.1, 0.15) is 29.3 Å². The van der Waals surface area contributed by atoms with E-state index in [0.717, 1.165) is 29.7 Å². The molecular formula is C19H22INO2. The summed E-state index contributed by atoms with van der Waals surface area (Å²) in [5, 5.41) is 0. The second-order valence-corrected chi connectivity index (χ2v) is 6.78. The molecule has 1 amide bonds. The third-order valence-corrected chi connectivity index (χ3v) is 4.43. The van der Waals surface area contributed by atoms with Crippen molar-refractivity contribution >= 4 is 28.5 Å². The van der Waals surface area contributed by atoms with E-state index in [-0.39, 0.29) is 5.91 Å². The van der Waals surface area contributed by atoms with Gasteiger partial charge < -0.3 is 9.64 Å². The molecule has 0 aromatic heterocycles. The average Bonchev–Trinajstić information content (AvgIpc) is 2.55. The quantitative estimate of drug-likeness (QED) is 0.637. The van der Waals surface area contributed by atoms with Gasteiger partial charge in [-0.05, 0) is 70.0 Å². The molecule has 0 aliphatic rings. The first kappa shape index (κ1) is 17.9. The number of methoxy groups -OCH3 is 1. The highest BCUT2D eigenvalue weighted by atomic mass is 127. The molecule has 2 aromatic rings. The van der Waals surface area contributed by atoms with Crippen molar-refractivity contribution in [2.24, 2.45) is 0 Å². The molecule has 2 rings (SSSR count). The van der Waals surface area contributed by atoms with E-state index < -0.39 is 0 Å². The minimum Gasteiger partial charge on any atom is -0.380 e. The molecule has 0 radical (unpaired) electrons. The van der Waals surface area contributed by atoms with E-state index in [1.807, 2.05) is 25.2 Å². The fourth-order valence-corrected chi connectivity index (χ4v) is 2.93. The van der Waals surface area contributed by atoms with Crippen LogP contribution in [-0.4, -0.2) is 31.5 Å². The molecule has 0 atom stereocenters. The summed E-state index contributed by atoms with van der Waals surface area (Å²) >= 11 is 2.30. The summed E-state index contributed by atoms with van der Waals surface area (Å²) in [5.41, 5.74) is 3.99. The van der Waals surface area contributed by atoms with Crippen molar-refractivity contribution in [2.75, 3.05) is 20.7 Å². The Morgan fingerprint density at radius 2 is 1.87 bits per heavy atom. The molecule has 122 valence electrons. The Kier molecular flexibility index (Phi) is 6.59. The SMILES string of the molecule is CCCN(C)C(=O)c1ccc(-c2ccc(I)cc2)c(COC)c1. The van der Waals surface area contributed by atoms with E-state index in [1.54, 1.807) is 12.0 Å². The Hall–Kier alpha value is -1.40. The van der Waals surface area contributed by atoms with Crippen LogP contribution in [0.5, 0.6) is 0 Å². The predicted molar refractivity (Wildman–Crippen MR) is 103 cm³/mol. The summed E-state index contributed by atoms with van der Waals surface area (Å²) in [6.45, 7) is 3.32. The fourth-order valence-electron chi connectivity index (χ4n) is 2.57. The van der Waals surface area contributed by atoms with Crippen molar-refractivity contribution in [3.05, 3.63) is 57.2 Å². The van der Waals surface area contributed by atoms with Gasteiger partial charge in [0.25, 0.3) is 5.91 Å². The maximum Gasteiger partial charge on any atom is 0.253 e. The number of nitrogens with zero attached hydrogens (tertiary/aromatic N) is 1. The Labute approximate surface area is 151 Å². The molecule has 0 bridgehead atoms. The Balaban J connectivity index is 2.38. The molecule has 23 heavy (non-hydrogen) atoms. The van der Waals surface area contributed by atoms with Crippen LogP contribution in [0.15, 0.2) is 42.5 Å². The number of hydrogen-bond donors (Lipinski definition) is 0. The molecule has 0 aliphatic carbocycles. The smallest absolute Gasteiger partial charge is 0.253 e. The summed E-state index contributed by atoms with van der Waals surface area (Å²) in [5.74, 6) is 0.0540. The van der Waals surface area contributed by atoms with Crippen molar-refractivity contribution in [3.63, 3.8) is 0 Å². The number of benzene rings is 2. The normalized spacial score (nSPS) is 10.6. The van der Waals surface area contributed by atoms with Crippen LogP contribution >= 0.6 is 22.6 Å². The van der Waals surface area contributed by atoms with Crippen LogP contribution < -0.4 is 0 Å². The highest BCUT2D eigenvalue weighted by Crippen LogP contribution is 2.26. The lowest BCUT2D eigenvalue weighted by Gasteiger charge is -2.18. The highest BCUT2D eigenvalue weighted by Gasteiger charge is 2.14. The molecule has 0 saturated carbocycles. The number of ether oxygens (including phenoxy) is 1. The number of hydrogen-bond acceptors (Lipinski definition) is 2. The largest absolute Gasteiger partial charge is 0.380 e. The molecule has 0 unspecified atom stereocenters. The van der Waals surface area contributed by atoms with E-state index in [4.69, 9.17) is 4.74 Å². The Morgan fingerprint density at radius 3 is 2.48 bits per heavy atom. The molecule has 0 saturated heterocycles. The van der Waals surface area contributed by atoms with E-state index in [9.17, 15) is 4.79 Å². The monoisotopic (exact) mass is 423 g/mol. The number of amides is 1. The van der Waals surface area contributed by atoms with Crippen molar-refractivity contribution in [1.29, 1.82) is 0 Å². The van der Waals surface area contributed by atoms with E-state index in [1.165, 1.54) is 3.57 Å². The van der Waals surface area contributed by atoms with Gasteiger partial charge in [-0.2, -0.15) is 0 Å². The molecule has 0 N–H and O–H groups in total. The fraction of sp³-hybridized carbons (Fsp3) is 0.316. The van der Waals surface area contributed by atoms with Gasteiger partial charge in [-0.25, -0.2) is 0 Å². The van der Waals surface area contributed by atoms with Gasteiger partial charge in [-0.1, -0.05) is 25.1 Å². The Morgan fingerprint density at radius 1 is 1.17 bits per heavy atom. The van der Waals surface area contributed by atoms with Crippen LogP contribution in [0.4, 0.5) is 0 Å². The number of carbonyl (C=O) groups excluding carboxylic acids is 1. The first-order chi connectivity index (χ1) is 11.1. The van der Waals surface area contributed by atoms with Gasteiger partial charge in [0, 0.05) is 29.8 Å². The zero-order valence-electron chi connectivity index (χ0n) is 13.8. The Bertz CT molecular complexity index is 668. The summed E-state index contributed by atoms with van der Waals surface area (Å²) in [6.07, 6.45) is 0.952. The first-order valence-corrected chi connectivity index (χ1v) is 8.78. The molecule has 3 nitrogen and oxygen atoms in total. The van der Waals surface area contributed by atoms with Crippen molar-refractivity contribution in [1.82, 2.24) is 4.90 Å². The second-order valence-electron chi connectivity index (χ2n) is 5.54. The summed E-state index contributed by atoms with van der Waals surface area (Å²) in [6, 6.07) is 14.2. The molecule has 2 aromatic carbocycles. The molecule has 4 heteroatoms. The molecule has 0 spiro atoms. The minimum absolute atomic E-state index is 0.0540. The summed E-state index contributed by atoms with van der Waals surface area (Å²) in [7, 11) is 3.52. The molecule has 0 heterocycles. The summed E-state index contributed by atoms with van der Waals surface area (Å²) < 4.78 is 6.53. The second kappa shape index (κ2) is 8.45. The van der Waals surface area contributed by atoms with Gasteiger partial charge >= 0.3 is 0 Å². The zero-order chi connectivity index (χ0) is 16.8. The van der Waals surface area contributed by atoms with E-state index in [0.29, 0.717) is 12.2 Å². The molecule has 0 aliphatic heterocycles. The summed E-state index contributed by atoms with van der Waals surface area (Å²) in [4.78, 5) is 14.2. The number of carbonyl (C=O) groups is 1. The number of rotatable bonds is 6. The van der Waals surface area contributed by atoms with Crippen LogP contribution in [0.2, 0.25) is 0 Å². The van der Waals surface area contributed by atoms with Crippen molar-refractivity contribution in [3.8, 4) is 11.1 Å². The lowest BCUT2D eigenvalue weighted by molar-refractivity contribution is 0.0795. The minimum atomic E-state index is 0.0540. The maximum absolute atomic E-state index is 12.5. The zero-order valence-corrected chi connectivity index (χ0v) is 16.0. The van der Waals surface area contributed by atoms with E-state index in [2.05, 4.69) is 53.8 Å². The third-order valence-electron chi connectivity index (χ3n) is 3.71. The van der Waals surface area contributed by atoms with Gasteiger partial charge in [0.15, 0.2) is 0 Å². The van der Waals surface area contributed by atoms with Gasteiger partial charge in [0.05, 0.1) is 6.61 Å². The standard InChI is InChI=1S/C19H22INO2/c1-4-11-21(2)19(22)15-7-10-18(16(12-15)13-23-3)14-5-8-17(20)9-6-14/h5-10,12H,4,11,13H2,1-3H3. The molecular weight excluding hydrogens is 401 g/mol. The predicted octanol–water partition coefficient (Wildman–Crippen LogP) is 4.59. The van der Waals surface area contributed by atoms with Gasteiger partial charge in [-0.15, -0.1) is 0 Å². The third kappa shape index (κ3) is 4.54. The van der Waals surface area contributed by atoms with Crippen LogP contribution in [0.25, 0.3) is 11.1 Å². The lowest BCUT2D eigenvalue weighted by atomic mass is 9.97. The van der Waals surface area contributed by atoms with E-state index >= 15 is 0 Å². The van der Waals surface area contributed by atoms with Crippen LogP contribution in [0.3, 0.4) is 0 Å². The lowest BCUT2D eigenvalue weighted by Crippen LogP contribution is -2.27. The van der Waals surface area contributed by atoms with Gasteiger partial charge in [0.2, 0.25) is 0 Å². The van der Waals surface area contributed by atoms with Gasteiger partial charge in [0.1, 0.15) is 0 Å². The maximum atomic E-state index is 12.5. The van der Waals surface area contributed by atoms with Crippen LogP contribution in [-0.2, 0) is 11.3 Å². The highest BCUT2D eigenvalue weighted by molar-refractivity contribution is 14.1. The van der Waals surface area contributed by atoms with Crippen molar-refractivity contribution < 1.29 is 9.53 Å². The van der Waals surface area contributed by atoms with Crippen molar-refractivity contribution in [2.45, 2.75) is 20.0 Å². The molecule has 0 fully saturated rings. The van der Waals surface area contributed by atoms with Crippen LogP contribution in [0, 0.1) is 3.57 Å². The topological polar surface area (TPSA) is 29.5 Å². The van der Waals surface area contributed by atoms with Gasteiger partial charge in [-0.3, -0.25) is 4.79 Å².